The monoisotopic (exact) mass is 379 g/mol. The number of anilines is 1. The van der Waals surface area contributed by atoms with Gasteiger partial charge >= 0.3 is 0 Å². The van der Waals surface area contributed by atoms with Crippen LogP contribution in [0.25, 0.3) is 0 Å². The van der Waals surface area contributed by atoms with Gasteiger partial charge in [-0.25, -0.2) is 0 Å². The van der Waals surface area contributed by atoms with Crippen LogP contribution in [0.15, 0.2) is 48.5 Å². The van der Waals surface area contributed by atoms with Crippen molar-refractivity contribution >= 4 is 40.7 Å². The van der Waals surface area contributed by atoms with Crippen LogP contribution in [0.4, 0.5) is 5.69 Å². The van der Waals surface area contributed by atoms with Crippen LogP contribution in [0.1, 0.15) is 5.56 Å². The first-order valence-corrected chi connectivity index (χ1v) is 8.43. The molecule has 2 aromatic rings. The summed E-state index contributed by atoms with van der Waals surface area (Å²) in [7, 11) is 1.71. The standard InChI is InChI=1S/C18H19Cl2N3O2/c1-23(12-18(25)22-16-7-5-14(19)6-8-16)11-17(24)21-10-13-3-2-4-15(20)9-13/h2-9H,10-12H2,1H3,(H,21,24)(H,22,25). The van der Waals surface area contributed by atoms with Gasteiger partial charge in [0.25, 0.3) is 0 Å². The molecule has 0 aromatic heterocycles. The van der Waals surface area contributed by atoms with E-state index in [9.17, 15) is 9.59 Å². The van der Waals surface area contributed by atoms with Gasteiger partial charge in [-0.05, 0) is 49.0 Å². The summed E-state index contributed by atoms with van der Waals surface area (Å²) in [5, 5.41) is 6.78. The van der Waals surface area contributed by atoms with Crippen molar-refractivity contribution in [2.24, 2.45) is 0 Å². The lowest BCUT2D eigenvalue weighted by atomic mass is 10.2. The summed E-state index contributed by atoms with van der Waals surface area (Å²) in [6.07, 6.45) is 0. The molecule has 0 spiro atoms. The summed E-state index contributed by atoms with van der Waals surface area (Å²) in [5.41, 5.74) is 1.58. The third kappa shape index (κ3) is 7.13. The van der Waals surface area contributed by atoms with Crippen molar-refractivity contribution in [3.8, 4) is 0 Å². The van der Waals surface area contributed by atoms with Gasteiger partial charge in [-0.15, -0.1) is 0 Å². The molecule has 0 atom stereocenters. The third-order valence-electron chi connectivity index (χ3n) is 3.33. The van der Waals surface area contributed by atoms with Gasteiger partial charge in [-0.2, -0.15) is 0 Å². The Morgan fingerprint density at radius 2 is 1.64 bits per heavy atom. The second-order valence-electron chi connectivity index (χ2n) is 5.63. The quantitative estimate of drug-likeness (QED) is 0.776. The fourth-order valence-corrected chi connectivity index (χ4v) is 2.52. The number of nitrogens with one attached hydrogen (secondary N) is 2. The zero-order chi connectivity index (χ0) is 18.2. The minimum atomic E-state index is -0.201. The van der Waals surface area contributed by atoms with E-state index in [1.165, 1.54) is 0 Å². The molecule has 0 radical (unpaired) electrons. The fourth-order valence-electron chi connectivity index (χ4n) is 2.18. The predicted molar refractivity (Wildman–Crippen MR) is 101 cm³/mol. The van der Waals surface area contributed by atoms with E-state index in [-0.39, 0.29) is 24.9 Å². The average molecular weight is 380 g/mol. The van der Waals surface area contributed by atoms with Crippen molar-refractivity contribution in [2.45, 2.75) is 6.54 Å². The first-order valence-electron chi connectivity index (χ1n) is 7.67. The average Bonchev–Trinajstić information content (AvgIpc) is 2.55. The summed E-state index contributed by atoms with van der Waals surface area (Å²) in [5.74, 6) is -0.366. The van der Waals surface area contributed by atoms with Crippen LogP contribution in [0, 0.1) is 0 Å². The normalized spacial score (nSPS) is 10.6. The molecule has 2 rings (SSSR count). The van der Waals surface area contributed by atoms with E-state index >= 15 is 0 Å². The molecule has 5 nitrogen and oxygen atoms in total. The molecule has 132 valence electrons. The van der Waals surface area contributed by atoms with Crippen molar-refractivity contribution < 1.29 is 9.59 Å². The molecule has 25 heavy (non-hydrogen) atoms. The highest BCUT2D eigenvalue weighted by molar-refractivity contribution is 6.30. The Morgan fingerprint density at radius 1 is 0.960 bits per heavy atom. The SMILES string of the molecule is CN(CC(=O)NCc1cccc(Cl)c1)CC(=O)Nc1ccc(Cl)cc1. The first kappa shape index (κ1) is 19.2. The number of rotatable bonds is 7. The van der Waals surface area contributed by atoms with Crippen molar-refractivity contribution in [1.82, 2.24) is 10.2 Å². The largest absolute Gasteiger partial charge is 0.351 e. The van der Waals surface area contributed by atoms with Crippen molar-refractivity contribution in [3.63, 3.8) is 0 Å². The molecule has 0 aliphatic heterocycles. The molecule has 0 saturated heterocycles. The second kappa shape index (κ2) is 9.42. The van der Waals surface area contributed by atoms with Crippen molar-refractivity contribution in [1.29, 1.82) is 0 Å². The highest BCUT2D eigenvalue weighted by atomic mass is 35.5. The number of halogens is 2. The van der Waals surface area contributed by atoms with E-state index in [0.717, 1.165) is 5.56 Å². The predicted octanol–water partition coefficient (Wildman–Crippen LogP) is 3.18. The van der Waals surface area contributed by atoms with Gasteiger partial charge in [0.15, 0.2) is 0 Å². The van der Waals surface area contributed by atoms with Crippen LogP contribution >= 0.6 is 23.2 Å². The number of carbonyl (C=O) groups is 2. The molecule has 0 fully saturated rings. The number of benzene rings is 2. The van der Waals surface area contributed by atoms with E-state index < -0.39 is 0 Å². The lowest BCUT2D eigenvalue weighted by Crippen LogP contribution is -2.38. The zero-order valence-corrected chi connectivity index (χ0v) is 15.3. The summed E-state index contributed by atoms with van der Waals surface area (Å²) in [6.45, 7) is 0.617. The maximum absolute atomic E-state index is 12.0. The van der Waals surface area contributed by atoms with Crippen molar-refractivity contribution in [3.05, 3.63) is 64.1 Å². The molecule has 2 amide bonds. The maximum Gasteiger partial charge on any atom is 0.238 e. The number of likely N-dealkylation sites (N-methyl/N-ethyl adjacent to an activating group) is 1. The minimum absolute atomic E-state index is 0.104. The van der Waals surface area contributed by atoms with E-state index in [0.29, 0.717) is 22.3 Å². The van der Waals surface area contributed by atoms with Crippen LogP contribution in [-0.4, -0.2) is 36.9 Å². The van der Waals surface area contributed by atoms with Crippen LogP contribution < -0.4 is 10.6 Å². The smallest absolute Gasteiger partial charge is 0.238 e. The summed E-state index contributed by atoms with van der Waals surface area (Å²) >= 11 is 11.7. The van der Waals surface area contributed by atoms with Gasteiger partial charge in [-0.3, -0.25) is 14.5 Å². The first-order chi connectivity index (χ1) is 11.9. The Labute approximate surface area is 156 Å². The highest BCUT2D eigenvalue weighted by Gasteiger charge is 2.11. The van der Waals surface area contributed by atoms with Gasteiger partial charge in [0.05, 0.1) is 13.1 Å². The number of nitrogens with zero attached hydrogens (tertiary/aromatic N) is 1. The van der Waals surface area contributed by atoms with Crippen LogP contribution in [0.3, 0.4) is 0 Å². The summed E-state index contributed by atoms with van der Waals surface area (Å²) in [6, 6.07) is 14.1. The highest BCUT2D eigenvalue weighted by Crippen LogP contribution is 2.13. The van der Waals surface area contributed by atoms with Crippen LogP contribution in [-0.2, 0) is 16.1 Å². The molecule has 0 aliphatic rings. The molecular formula is C18H19Cl2N3O2. The summed E-state index contributed by atoms with van der Waals surface area (Å²) < 4.78 is 0. The molecule has 0 saturated carbocycles. The van der Waals surface area contributed by atoms with Gasteiger partial charge < -0.3 is 10.6 Å². The number of hydrogen-bond acceptors (Lipinski definition) is 3. The lowest BCUT2D eigenvalue weighted by Gasteiger charge is -2.16. The summed E-state index contributed by atoms with van der Waals surface area (Å²) in [4.78, 5) is 25.6. The Morgan fingerprint density at radius 3 is 2.32 bits per heavy atom. The molecule has 0 aliphatic carbocycles. The van der Waals surface area contributed by atoms with Gasteiger partial charge in [0.1, 0.15) is 0 Å². The van der Waals surface area contributed by atoms with Crippen LogP contribution in [0.2, 0.25) is 10.0 Å². The van der Waals surface area contributed by atoms with E-state index in [4.69, 9.17) is 23.2 Å². The maximum atomic E-state index is 12.0. The number of amides is 2. The zero-order valence-electron chi connectivity index (χ0n) is 13.8. The number of carbonyl (C=O) groups excluding carboxylic acids is 2. The topological polar surface area (TPSA) is 61.4 Å². The van der Waals surface area contributed by atoms with E-state index in [2.05, 4.69) is 10.6 Å². The molecule has 2 N–H and O–H groups in total. The Bertz CT molecular complexity index is 735. The molecule has 7 heteroatoms. The van der Waals surface area contributed by atoms with Crippen LogP contribution in [0.5, 0.6) is 0 Å². The Kier molecular flexibility index (Phi) is 7.25. The van der Waals surface area contributed by atoms with Gasteiger partial charge in [0.2, 0.25) is 11.8 Å². The van der Waals surface area contributed by atoms with Gasteiger partial charge in [-0.1, -0.05) is 35.3 Å². The lowest BCUT2D eigenvalue weighted by molar-refractivity contribution is -0.123. The molecule has 0 unspecified atom stereocenters. The minimum Gasteiger partial charge on any atom is -0.351 e. The molecular weight excluding hydrogens is 361 g/mol. The fraction of sp³-hybridized carbons (Fsp3) is 0.222. The Hall–Kier alpha value is -2.08. The molecule has 0 heterocycles. The molecule has 0 bridgehead atoms. The van der Waals surface area contributed by atoms with E-state index in [1.54, 1.807) is 48.3 Å². The van der Waals surface area contributed by atoms with Gasteiger partial charge in [0, 0.05) is 22.3 Å². The number of hydrogen-bond donors (Lipinski definition) is 2. The Balaban J connectivity index is 1.73. The molecule has 2 aromatic carbocycles. The van der Waals surface area contributed by atoms with E-state index in [1.807, 2.05) is 12.1 Å². The second-order valence-corrected chi connectivity index (χ2v) is 6.51. The third-order valence-corrected chi connectivity index (χ3v) is 3.82. The van der Waals surface area contributed by atoms with Crippen molar-refractivity contribution in [2.75, 3.05) is 25.5 Å².